The summed E-state index contributed by atoms with van der Waals surface area (Å²) < 4.78 is 0. The van der Waals surface area contributed by atoms with Crippen molar-refractivity contribution in [3.05, 3.63) is 29.3 Å². The molecule has 1 atom stereocenters. The molecule has 1 aromatic carbocycles. The van der Waals surface area contributed by atoms with Crippen molar-refractivity contribution in [2.45, 2.75) is 33.1 Å². The highest BCUT2D eigenvalue weighted by atomic mass is 15.1. The molecule has 1 heteroatoms. The lowest BCUT2D eigenvalue weighted by Crippen LogP contribution is -2.09. The van der Waals surface area contributed by atoms with Gasteiger partial charge in [0.2, 0.25) is 0 Å². The normalized spacial score (nSPS) is 12.6. The van der Waals surface area contributed by atoms with E-state index in [-0.39, 0.29) is 0 Å². The second kappa shape index (κ2) is 4.50. The molecule has 0 heterocycles. The van der Waals surface area contributed by atoms with Gasteiger partial charge in [0.15, 0.2) is 0 Å². The zero-order chi connectivity index (χ0) is 10.7. The second-order valence-electron chi connectivity index (χ2n) is 4.24. The Labute approximate surface area is 87.7 Å². The van der Waals surface area contributed by atoms with E-state index in [1.807, 2.05) is 0 Å². The molecule has 0 saturated carbocycles. The molecule has 0 radical (unpaired) electrons. The minimum absolute atomic E-state index is 0.672. The summed E-state index contributed by atoms with van der Waals surface area (Å²) in [5.74, 6) is 0.672. The molecule has 1 nitrogen and oxygen atoms in total. The number of hydrogen-bond donors (Lipinski definition) is 0. The molecule has 0 aliphatic heterocycles. The minimum atomic E-state index is 0.672. The summed E-state index contributed by atoms with van der Waals surface area (Å²) in [5.41, 5.74) is 4.18. The molecular weight excluding hydrogens is 170 g/mol. The van der Waals surface area contributed by atoms with Gasteiger partial charge in [0.25, 0.3) is 0 Å². The van der Waals surface area contributed by atoms with Gasteiger partial charge < -0.3 is 4.90 Å². The Morgan fingerprint density at radius 2 is 1.93 bits per heavy atom. The monoisotopic (exact) mass is 191 g/mol. The summed E-state index contributed by atoms with van der Waals surface area (Å²) in [7, 11) is 4.16. The molecule has 14 heavy (non-hydrogen) atoms. The molecule has 0 fully saturated rings. The van der Waals surface area contributed by atoms with E-state index >= 15 is 0 Å². The highest BCUT2D eigenvalue weighted by Crippen LogP contribution is 2.25. The van der Waals surface area contributed by atoms with Crippen LogP contribution in [-0.4, -0.2) is 14.1 Å². The SMILES string of the molecule is CC[C@@H](C)c1ccc(N(C)C)cc1C. The van der Waals surface area contributed by atoms with Crippen LogP contribution in [0.1, 0.15) is 37.3 Å². The Balaban J connectivity index is 3.01. The lowest BCUT2D eigenvalue weighted by molar-refractivity contribution is 0.728. The van der Waals surface area contributed by atoms with Crippen molar-refractivity contribution in [1.82, 2.24) is 0 Å². The third-order valence-electron chi connectivity index (χ3n) is 2.91. The van der Waals surface area contributed by atoms with E-state index in [1.165, 1.54) is 23.2 Å². The standard InChI is InChI=1S/C13H21N/c1-6-10(2)13-8-7-12(14(4)5)9-11(13)3/h7-10H,6H2,1-5H3/t10-/m1/s1. The maximum absolute atomic E-state index is 2.29. The summed E-state index contributed by atoms with van der Waals surface area (Å²) in [6.07, 6.45) is 1.21. The predicted octanol–water partition coefficient (Wildman–Crippen LogP) is 3.57. The number of nitrogens with zero attached hydrogens (tertiary/aromatic N) is 1. The molecule has 1 aromatic rings. The average Bonchev–Trinajstić information content (AvgIpc) is 2.16. The zero-order valence-electron chi connectivity index (χ0n) is 9.96. The van der Waals surface area contributed by atoms with Gasteiger partial charge in [-0.1, -0.05) is 19.9 Å². The van der Waals surface area contributed by atoms with Crippen molar-refractivity contribution in [3.63, 3.8) is 0 Å². The number of benzene rings is 1. The molecule has 78 valence electrons. The first kappa shape index (κ1) is 11.1. The second-order valence-corrected chi connectivity index (χ2v) is 4.24. The van der Waals surface area contributed by atoms with Gasteiger partial charge in [-0.25, -0.2) is 0 Å². The Morgan fingerprint density at radius 3 is 2.36 bits per heavy atom. The van der Waals surface area contributed by atoms with Crippen LogP contribution < -0.4 is 4.90 Å². The third kappa shape index (κ3) is 2.28. The molecule has 0 aliphatic rings. The van der Waals surface area contributed by atoms with Crippen molar-refractivity contribution in [3.8, 4) is 0 Å². The van der Waals surface area contributed by atoms with Crippen LogP contribution in [0.25, 0.3) is 0 Å². The minimum Gasteiger partial charge on any atom is -0.378 e. The molecule has 0 aromatic heterocycles. The van der Waals surface area contributed by atoms with E-state index in [0.29, 0.717) is 5.92 Å². The maximum atomic E-state index is 2.29. The van der Waals surface area contributed by atoms with E-state index in [4.69, 9.17) is 0 Å². The summed E-state index contributed by atoms with van der Waals surface area (Å²) in [6, 6.07) is 6.73. The van der Waals surface area contributed by atoms with Crippen molar-refractivity contribution in [2.75, 3.05) is 19.0 Å². The van der Waals surface area contributed by atoms with E-state index < -0.39 is 0 Å². The Bertz CT molecular complexity index is 302. The Hall–Kier alpha value is -0.980. The topological polar surface area (TPSA) is 3.24 Å². The van der Waals surface area contributed by atoms with Gasteiger partial charge >= 0.3 is 0 Å². The number of rotatable bonds is 3. The highest BCUT2D eigenvalue weighted by molar-refractivity contribution is 5.50. The van der Waals surface area contributed by atoms with Gasteiger partial charge in [0.05, 0.1) is 0 Å². The van der Waals surface area contributed by atoms with E-state index in [2.05, 4.69) is 58.0 Å². The van der Waals surface area contributed by atoms with Crippen molar-refractivity contribution in [1.29, 1.82) is 0 Å². The molecule has 0 saturated heterocycles. The molecule has 0 N–H and O–H groups in total. The summed E-state index contributed by atoms with van der Waals surface area (Å²) in [4.78, 5) is 2.15. The average molecular weight is 191 g/mol. The van der Waals surface area contributed by atoms with E-state index in [0.717, 1.165) is 0 Å². The van der Waals surface area contributed by atoms with Crippen molar-refractivity contribution < 1.29 is 0 Å². The lowest BCUT2D eigenvalue weighted by atomic mass is 9.94. The van der Waals surface area contributed by atoms with Crippen molar-refractivity contribution in [2.24, 2.45) is 0 Å². The molecule has 1 rings (SSSR count). The Kier molecular flexibility index (Phi) is 3.56. The van der Waals surface area contributed by atoms with Crippen LogP contribution in [0.4, 0.5) is 5.69 Å². The van der Waals surface area contributed by atoms with Crippen LogP contribution in [-0.2, 0) is 0 Å². The molecule has 0 unspecified atom stereocenters. The van der Waals surface area contributed by atoms with Gasteiger partial charge in [-0.3, -0.25) is 0 Å². The zero-order valence-corrected chi connectivity index (χ0v) is 9.96. The fraction of sp³-hybridized carbons (Fsp3) is 0.538. The first-order chi connectivity index (χ1) is 6.56. The smallest absolute Gasteiger partial charge is 0.0363 e. The number of aryl methyl sites for hydroxylation is 1. The van der Waals surface area contributed by atoms with Gasteiger partial charge in [-0.2, -0.15) is 0 Å². The number of anilines is 1. The molecule has 0 bridgehead atoms. The Morgan fingerprint density at radius 1 is 1.29 bits per heavy atom. The molecule has 0 amide bonds. The van der Waals surface area contributed by atoms with Gasteiger partial charge in [0.1, 0.15) is 0 Å². The van der Waals surface area contributed by atoms with E-state index in [9.17, 15) is 0 Å². The molecular formula is C13H21N. The lowest BCUT2D eigenvalue weighted by Gasteiger charge is -2.17. The van der Waals surface area contributed by atoms with Gasteiger partial charge in [0, 0.05) is 19.8 Å². The van der Waals surface area contributed by atoms with Crippen LogP contribution >= 0.6 is 0 Å². The fourth-order valence-electron chi connectivity index (χ4n) is 1.71. The van der Waals surface area contributed by atoms with Crippen molar-refractivity contribution >= 4 is 5.69 Å². The first-order valence-electron chi connectivity index (χ1n) is 5.34. The van der Waals surface area contributed by atoms with Gasteiger partial charge in [-0.15, -0.1) is 0 Å². The largest absolute Gasteiger partial charge is 0.378 e. The summed E-state index contributed by atoms with van der Waals surface area (Å²) in [6.45, 7) is 6.73. The highest BCUT2D eigenvalue weighted by Gasteiger charge is 2.07. The first-order valence-corrected chi connectivity index (χ1v) is 5.34. The summed E-state index contributed by atoms with van der Waals surface area (Å²) in [5, 5.41) is 0. The van der Waals surface area contributed by atoms with Crippen LogP contribution in [0.3, 0.4) is 0 Å². The van der Waals surface area contributed by atoms with Crippen LogP contribution in [0, 0.1) is 6.92 Å². The third-order valence-corrected chi connectivity index (χ3v) is 2.91. The van der Waals surface area contributed by atoms with Gasteiger partial charge in [-0.05, 0) is 42.5 Å². The van der Waals surface area contributed by atoms with Crippen LogP contribution in [0.5, 0.6) is 0 Å². The quantitative estimate of drug-likeness (QED) is 0.706. The maximum Gasteiger partial charge on any atom is 0.0363 e. The van der Waals surface area contributed by atoms with E-state index in [1.54, 1.807) is 0 Å². The molecule has 0 spiro atoms. The molecule has 0 aliphatic carbocycles. The van der Waals surface area contributed by atoms with Crippen LogP contribution in [0.2, 0.25) is 0 Å². The fourth-order valence-corrected chi connectivity index (χ4v) is 1.71. The predicted molar refractivity (Wildman–Crippen MR) is 64.2 cm³/mol. The number of hydrogen-bond acceptors (Lipinski definition) is 1. The van der Waals surface area contributed by atoms with Crippen LogP contribution in [0.15, 0.2) is 18.2 Å². The summed E-state index contributed by atoms with van der Waals surface area (Å²) >= 11 is 0.